The highest BCUT2D eigenvalue weighted by atomic mass is 16.5. The van der Waals surface area contributed by atoms with Crippen LogP contribution in [-0.4, -0.2) is 39.3 Å². The molecule has 6 heteroatoms. The molecule has 2 atom stereocenters. The number of aromatic nitrogens is 3. The van der Waals surface area contributed by atoms with Gasteiger partial charge in [-0.05, 0) is 31.5 Å². The van der Waals surface area contributed by atoms with Crippen molar-refractivity contribution in [2.45, 2.75) is 19.4 Å². The number of aromatic carboxylic acids is 1. The van der Waals surface area contributed by atoms with E-state index < -0.39 is 5.97 Å². The third kappa shape index (κ3) is 2.08. The van der Waals surface area contributed by atoms with E-state index in [1.165, 1.54) is 0 Å². The van der Waals surface area contributed by atoms with Crippen LogP contribution in [0.2, 0.25) is 0 Å². The first-order chi connectivity index (χ1) is 9.16. The molecule has 0 amide bonds. The highest BCUT2D eigenvalue weighted by Gasteiger charge is 2.25. The molecule has 0 saturated carbocycles. The summed E-state index contributed by atoms with van der Waals surface area (Å²) in [5.74, 6) is -0.516. The predicted octanol–water partition coefficient (Wildman–Crippen LogP) is 1.73. The van der Waals surface area contributed by atoms with Crippen LogP contribution in [0.25, 0.3) is 11.0 Å². The fourth-order valence-corrected chi connectivity index (χ4v) is 2.51. The summed E-state index contributed by atoms with van der Waals surface area (Å²) in [5, 5.41) is 17.2. The molecule has 2 aromatic rings. The Bertz CT molecular complexity index is 617. The second kappa shape index (κ2) is 4.62. The minimum absolute atomic E-state index is 0.197. The van der Waals surface area contributed by atoms with Gasteiger partial charge in [0, 0.05) is 12.5 Å². The number of nitrogens with zero attached hydrogens (tertiary/aromatic N) is 3. The number of ether oxygens (including phenoxy) is 1. The van der Waals surface area contributed by atoms with Crippen LogP contribution in [0.4, 0.5) is 0 Å². The standard InChI is InChI=1S/C13H15N3O3/c1-8(10-4-5-19-7-10)16-12-3-2-9(13(17)18)6-11(12)14-15-16/h2-3,6,8,10H,4-5,7H2,1H3,(H,17,18). The minimum atomic E-state index is -0.950. The molecule has 1 N–H and O–H groups in total. The van der Waals surface area contributed by atoms with Crippen LogP contribution in [0.3, 0.4) is 0 Å². The Balaban J connectivity index is 1.98. The number of carboxylic acids is 1. The monoisotopic (exact) mass is 261 g/mol. The molecule has 2 unspecified atom stereocenters. The van der Waals surface area contributed by atoms with E-state index in [2.05, 4.69) is 17.2 Å². The van der Waals surface area contributed by atoms with E-state index in [9.17, 15) is 4.79 Å². The largest absolute Gasteiger partial charge is 0.478 e. The van der Waals surface area contributed by atoms with Crippen LogP contribution in [0.5, 0.6) is 0 Å². The van der Waals surface area contributed by atoms with Gasteiger partial charge in [0.1, 0.15) is 5.52 Å². The summed E-state index contributed by atoms with van der Waals surface area (Å²) >= 11 is 0. The molecule has 1 saturated heterocycles. The maximum absolute atomic E-state index is 10.9. The number of benzene rings is 1. The van der Waals surface area contributed by atoms with Crippen LogP contribution in [-0.2, 0) is 4.74 Å². The van der Waals surface area contributed by atoms with Gasteiger partial charge in [0.2, 0.25) is 0 Å². The van der Waals surface area contributed by atoms with Gasteiger partial charge < -0.3 is 9.84 Å². The van der Waals surface area contributed by atoms with E-state index in [0.717, 1.165) is 25.2 Å². The van der Waals surface area contributed by atoms with Crippen LogP contribution < -0.4 is 0 Å². The van der Waals surface area contributed by atoms with Crippen LogP contribution >= 0.6 is 0 Å². The predicted molar refractivity (Wildman–Crippen MR) is 68.1 cm³/mol. The number of rotatable bonds is 3. The highest BCUT2D eigenvalue weighted by Crippen LogP contribution is 2.28. The molecule has 1 aromatic heterocycles. The van der Waals surface area contributed by atoms with Crippen molar-refractivity contribution in [3.63, 3.8) is 0 Å². The van der Waals surface area contributed by atoms with Crippen molar-refractivity contribution in [3.05, 3.63) is 23.8 Å². The van der Waals surface area contributed by atoms with Crippen molar-refractivity contribution in [2.24, 2.45) is 5.92 Å². The molecule has 100 valence electrons. The number of hydrogen-bond donors (Lipinski definition) is 1. The quantitative estimate of drug-likeness (QED) is 0.910. The van der Waals surface area contributed by atoms with Crippen LogP contribution in [0.15, 0.2) is 18.2 Å². The zero-order valence-electron chi connectivity index (χ0n) is 10.6. The van der Waals surface area contributed by atoms with Crippen molar-refractivity contribution < 1.29 is 14.6 Å². The normalized spacial score (nSPS) is 20.8. The first-order valence-electron chi connectivity index (χ1n) is 6.33. The van der Waals surface area contributed by atoms with E-state index >= 15 is 0 Å². The summed E-state index contributed by atoms with van der Waals surface area (Å²) in [6, 6.07) is 5.11. The second-order valence-corrected chi connectivity index (χ2v) is 4.91. The number of fused-ring (bicyclic) bond motifs is 1. The maximum Gasteiger partial charge on any atom is 0.335 e. The first-order valence-corrected chi connectivity index (χ1v) is 6.33. The SMILES string of the molecule is CC(C1CCOC1)n1nnc2cc(C(=O)O)ccc21. The molecule has 6 nitrogen and oxygen atoms in total. The molecule has 1 fully saturated rings. The molecule has 0 aliphatic carbocycles. The van der Waals surface area contributed by atoms with Gasteiger partial charge in [0.25, 0.3) is 0 Å². The Kier molecular flexibility index (Phi) is 2.94. The van der Waals surface area contributed by atoms with E-state index in [-0.39, 0.29) is 11.6 Å². The number of carboxylic acid groups (broad SMARTS) is 1. The van der Waals surface area contributed by atoms with Crippen LogP contribution in [0, 0.1) is 5.92 Å². The first kappa shape index (κ1) is 12.1. The van der Waals surface area contributed by atoms with Gasteiger partial charge in [0.05, 0.1) is 23.7 Å². The van der Waals surface area contributed by atoms with Crippen LogP contribution in [0.1, 0.15) is 29.7 Å². The molecule has 0 radical (unpaired) electrons. The van der Waals surface area contributed by atoms with Crippen molar-refractivity contribution >= 4 is 17.0 Å². The number of hydrogen-bond acceptors (Lipinski definition) is 4. The summed E-state index contributed by atoms with van der Waals surface area (Å²) in [4.78, 5) is 10.9. The molecule has 1 aromatic carbocycles. The maximum atomic E-state index is 10.9. The van der Waals surface area contributed by atoms with Crippen molar-refractivity contribution in [1.82, 2.24) is 15.0 Å². The van der Waals surface area contributed by atoms with E-state index in [0.29, 0.717) is 11.4 Å². The van der Waals surface area contributed by atoms with Crippen molar-refractivity contribution in [2.75, 3.05) is 13.2 Å². The zero-order chi connectivity index (χ0) is 13.4. The minimum Gasteiger partial charge on any atom is -0.478 e. The Hall–Kier alpha value is -1.95. The third-order valence-electron chi connectivity index (χ3n) is 3.75. The lowest BCUT2D eigenvalue weighted by Crippen LogP contribution is -2.18. The third-order valence-corrected chi connectivity index (χ3v) is 3.75. The van der Waals surface area contributed by atoms with Gasteiger partial charge in [-0.15, -0.1) is 5.10 Å². The van der Waals surface area contributed by atoms with Gasteiger partial charge in [-0.2, -0.15) is 0 Å². The molecule has 1 aliphatic heterocycles. The molecule has 0 bridgehead atoms. The van der Waals surface area contributed by atoms with E-state index in [1.54, 1.807) is 18.2 Å². The Morgan fingerprint density at radius 1 is 1.58 bits per heavy atom. The lowest BCUT2D eigenvalue weighted by atomic mass is 10.0. The highest BCUT2D eigenvalue weighted by molar-refractivity contribution is 5.92. The second-order valence-electron chi connectivity index (χ2n) is 4.91. The Morgan fingerprint density at radius 3 is 3.11 bits per heavy atom. The average Bonchev–Trinajstić information content (AvgIpc) is 3.06. The summed E-state index contributed by atoms with van der Waals surface area (Å²) < 4.78 is 7.26. The summed E-state index contributed by atoms with van der Waals surface area (Å²) in [6.07, 6.45) is 1.02. The smallest absolute Gasteiger partial charge is 0.335 e. The molecule has 2 heterocycles. The molecular formula is C13H15N3O3. The number of carbonyl (C=O) groups is 1. The fourth-order valence-electron chi connectivity index (χ4n) is 2.51. The van der Waals surface area contributed by atoms with E-state index in [4.69, 9.17) is 9.84 Å². The molecule has 1 aliphatic rings. The zero-order valence-corrected chi connectivity index (χ0v) is 10.6. The molecule has 19 heavy (non-hydrogen) atoms. The Labute approximate surface area is 110 Å². The van der Waals surface area contributed by atoms with Gasteiger partial charge in [-0.25, -0.2) is 9.48 Å². The average molecular weight is 261 g/mol. The summed E-state index contributed by atoms with van der Waals surface area (Å²) in [6.45, 7) is 3.64. The lowest BCUT2D eigenvalue weighted by molar-refractivity contribution is 0.0697. The van der Waals surface area contributed by atoms with E-state index in [1.807, 2.05) is 4.68 Å². The van der Waals surface area contributed by atoms with Crippen molar-refractivity contribution in [3.8, 4) is 0 Å². The van der Waals surface area contributed by atoms with Crippen molar-refractivity contribution in [1.29, 1.82) is 0 Å². The lowest BCUT2D eigenvalue weighted by Gasteiger charge is -2.18. The fraction of sp³-hybridized carbons (Fsp3) is 0.462. The van der Waals surface area contributed by atoms with Gasteiger partial charge in [-0.3, -0.25) is 0 Å². The summed E-state index contributed by atoms with van der Waals surface area (Å²) in [7, 11) is 0. The summed E-state index contributed by atoms with van der Waals surface area (Å²) in [5.41, 5.74) is 1.71. The topological polar surface area (TPSA) is 77.2 Å². The molecule has 3 rings (SSSR count). The molecular weight excluding hydrogens is 246 g/mol. The van der Waals surface area contributed by atoms with Gasteiger partial charge in [-0.1, -0.05) is 5.21 Å². The van der Waals surface area contributed by atoms with Gasteiger partial charge >= 0.3 is 5.97 Å². The van der Waals surface area contributed by atoms with Gasteiger partial charge in [0.15, 0.2) is 0 Å². The Morgan fingerprint density at radius 2 is 2.42 bits per heavy atom. The molecule has 0 spiro atoms.